The van der Waals surface area contributed by atoms with Gasteiger partial charge in [0.25, 0.3) is 0 Å². The first kappa shape index (κ1) is 12.1. The first-order valence-electron chi connectivity index (χ1n) is 6.87. The van der Waals surface area contributed by atoms with Gasteiger partial charge in [-0.25, -0.2) is 0 Å². The van der Waals surface area contributed by atoms with Crippen LogP contribution in [0.15, 0.2) is 0 Å². The summed E-state index contributed by atoms with van der Waals surface area (Å²) in [7, 11) is 0. The quantitative estimate of drug-likeness (QED) is 0.725. The number of ether oxygens (including phenoxy) is 1. The molecular formula is C13H20N2O3. The number of likely N-dealkylation sites (tertiary alicyclic amines) is 1. The number of carbonyl (C=O) groups excluding carboxylic acids is 2. The van der Waals surface area contributed by atoms with Gasteiger partial charge < -0.3 is 10.5 Å². The highest BCUT2D eigenvalue weighted by molar-refractivity contribution is 6.05. The Balaban J connectivity index is 1.65. The van der Waals surface area contributed by atoms with Gasteiger partial charge in [-0.05, 0) is 19.3 Å². The van der Waals surface area contributed by atoms with Crippen LogP contribution in [0.2, 0.25) is 0 Å². The standard InChI is InChI=1S/C13H20N2O3/c14-11(8-4-5-18-7-8)6-15-12(16)9-2-1-3-10(9)13(15)17/h8-11H,1-7,14H2. The summed E-state index contributed by atoms with van der Waals surface area (Å²) in [6, 6.07) is -0.140. The Morgan fingerprint density at radius 1 is 1.22 bits per heavy atom. The van der Waals surface area contributed by atoms with Crippen LogP contribution in [0.3, 0.4) is 0 Å². The summed E-state index contributed by atoms with van der Waals surface area (Å²) in [5, 5.41) is 0. The lowest BCUT2D eigenvalue weighted by Crippen LogP contribution is -2.45. The molecule has 0 aromatic rings. The fourth-order valence-corrected chi connectivity index (χ4v) is 3.49. The van der Waals surface area contributed by atoms with Crippen LogP contribution >= 0.6 is 0 Å². The molecule has 2 amide bonds. The van der Waals surface area contributed by atoms with E-state index in [9.17, 15) is 9.59 Å². The highest BCUT2D eigenvalue weighted by Gasteiger charge is 2.50. The maximum atomic E-state index is 12.2. The van der Waals surface area contributed by atoms with Crippen LogP contribution in [-0.2, 0) is 14.3 Å². The number of imide groups is 1. The minimum Gasteiger partial charge on any atom is -0.381 e. The Labute approximate surface area is 107 Å². The Morgan fingerprint density at radius 3 is 2.44 bits per heavy atom. The zero-order valence-electron chi connectivity index (χ0n) is 10.5. The van der Waals surface area contributed by atoms with Crippen molar-refractivity contribution in [2.24, 2.45) is 23.5 Å². The molecule has 5 heteroatoms. The average molecular weight is 252 g/mol. The molecule has 2 N–H and O–H groups in total. The van der Waals surface area contributed by atoms with Gasteiger partial charge in [-0.3, -0.25) is 14.5 Å². The van der Waals surface area contributed by atoms with E-state index in [0.717, 1.165) is 32.3 Å². The molecule has 0 bridgehead atoms. The van der Waals surface area contributed by atoms with E-state index < -0.39 is 0 Å². The number of carbonyl (C=O) groups is 2. The number of fused-ring (bicyclic) bond motifs is 1. The van der Waals surface area contributed by atoms with Crippen LogP contribution in [0.25, 0.3) is 0 Å². The molecule has 1 saturated carbocycles. The van der Waals surface area contributed by atoms with Gasteiger partial charge in [-0.2, -0.15) is 0 Å². The van der Waals surface area contributed by atoms with Crippen LogP contribution in [0.5, 0.6) is 0 Å². The summed E-state index contributed by atoms with van der Waals surface area (Å²) >= 11 is 0. The van der Waals surface area contributed by atoms with E-state index in [4.69, 9.17) is 10.5 Å². The normalized spacial score (nSPS) is 37.4. The van der Waals surface area contributed by atoms with E-state index in [1.807, 2.05) is 0 Å². The van der Waals surface area contributed by atoms with Crippen molar-refractivity contribution in [2.75, 3.05) is 19.8 Å². The number of nitrogens with two attached hydrogens (primary N) is 1. The molecule has 18 heavy (non-hydrogen) atoms. The maximum absolute atomic E-state index is 12.2. The van der Waals surface area contributed by atoms with Crippen molar-refractivity contribution in [2.45, 2.75) is 31.7 Å². The molecule has 1 aliphatic carbocycles. The molecule has 100 valence electrons. The first-order valence-corrected chi connectivity index (χ1v) is 6.87. The molecule has 0 radical (unpaired) electrons. The van der Waals surface area contributed by atoms with Crippen molar-refractivity contribution in [1.82, 2.24) is 4.90 Å². The van der Waals surface area contributed by atoms with Gasteiger partial charge in [0.05, 0.1) is 18.4 Å². The highest BCUT2D eigenvalue weighted by atomic mass is 16.5. The molecular weight excluding hydrogens is 232 g/mol. The molecule has 2 heterocycles. The van der Waals surface area contributed by atoms with Crippen LogP contribution < -0.4 is 5.73 Å². The van der Waals surface area contributed by atoms with Gasteiger partial charge in [0.15, 0.2) is 0 Å². The highest BCUT2D eigenvalue weighted by Crippen LogP contribution is 2.39. The molecule has 4 atom stereocenters. The van der Waals surface area contributed by atoms with Crippen molar-refractivity contribution in [3.8, 4) is 0 Å². The van der Waals surface area contributed by atoms with E-state index in [1.54, 1.807) is 0 Å². The minimum absolute atomic E-state index is 0.0110. The lowest BCUT2D eigenvalue weighted by Gasteiger charge is -2.23. The van der Waals surface area contributed by atoms with Gasteiger partial charge in [0, 0.05) is 25.1 Å². The van der Waals surface area contributed by atoms with Crippen LogP contribution in [0.4, 0.5) is 0 Å². The van der Waals surface area contributed by atoms with Gasteiger partial charge in [-0.1, -0.05) is 6.42 Å². The molecule has 4 unspecified atom stereocenters. The first-order chi connectivity index (χ1) is 8.68. The summed E-state index contributed by atoms with van der Waals surface area (Å²) in [5.74, 6) is 0.203. The number of nitrogens with zero attached hydrogens (tertiary/aromatic N) is 1. The van der Waals surface area contributed by atoms with Crippen molar-refractivity contribution in [1.29, 1.82) is 0 Å². The van der Waals surface area contributed by atoms with Gasteiger partial charge in [-0.15, -0.1) is 0 Å². The number of rotatable bonds is 3. The fourth-order valence-electron chi connectivity index (χ4n) is 3.49. The summed E-state index contributed by atoms with van der Waals surface area (Å²) in [6.45, 7) is 1.77. The zero-order valence-corrected chi connectivity index (χ0v) is 10.5. The lowest BCUT2D eigenvalue weighted by molar-refractivity contribution is -0.140. The van der Waals surface area contributed by atoms with Crippen molar-refractivity contribution < 1.29 is 14.3 Å². The number of hydrogen-bond donors (Lipinski definition) is 1. The molecule has 0 aromatic carbocycles. The van der Waals surface area contributed by atoms with Crippen molar-refractivity contribution in [3.05, 3.63) is 0 Å². The van der Waals surface area contributed by atoms with Gasteiger partial charge in [0.2, 0.25) is 11.8 Å². The number of hydrogen-bond acceptors (Lipinski definition) is 4. The third-order valence-corrected chi connectivity index (χ3v) is 4.65. The molecule has 3 aliphatic rings. The Hall–Kier alpha value is -0.940. The molecule has 5 nitrogen and oxygen atoms in total. The maximum Gasteiger partial charge on any atom is 0.233 e. The summed E-state index contributed by atoms with van der Waals surface area (Å²) in [6.07, 6.45) is 3.68. The van der Waals surface area contributed by atoms with E-state index in [0.29, 0.717) is 13.2 Å². The Bertz CT molecular complexity index is 343. The second-order valence-electron chi connectivity index (χ2n) is 5.72. The predicted molar refractivity (Wildman–Crippen MR) is 64.5 cm³/mol. The topological polar surface area (TPSA) is 72.6 Å². The average Bonchev–Trinajstić information content (AvgIpc) is 3.05. The lowest BCUT2D eigenvalue weighted by atomic mass is 9.99. The van der Waals surface area contributed by atoms with Crippen molar-refractivity contribution in [3.63, 3.8) is 0 Å². The zero-order chi connectivity index (χ0) is 12.7. The van der Waals surface area contributed by atoms with Gasteiger partial charge >= 0.3 is 0 Å². The second-order valence-corrected chi connectivity index (χ2v) is 5.72. The number of amides is 2. The van der Waals surface area contributed by atoms with Crippen LogP contribution in [0, 0.1) is 17.8 Å². The summed E-state index contributed by atoms with van der Waals surface area (Å²) < 4.78 is 5.30. The Morgan fingerprint density at radius 2 is 1.89 bits per heavy atom. The smallest absolute Gasteiger partial charge is 0.233 e. The molecule has 2 aliphatic heterocycles. The largest absolute Gasteiger partial charge is 0.381 e. The molecule has 0 aromatic heterocycles. The van der Waals surface area contributed by atoms with E-state index >= 15 is 0 Å². The second kappa shape index (κ2) is 4.63. The molecule has 3 rings (SSSR count). The summed E-state index contributed by atoms with van der Waals surface area (Å²) in [5.41, 5.74) is 6.11. The monoisotopic (exact) mass is 252 g/mol. The summed E-state index contributed by atoms with van der Waals surface area (Å²) in [4.78, 5) is 25.7. The fraction of sp³-hybridized carbons (Fsp3) is 0.846. The van der Waals surface area contributed by atoms with E-state index in [1.165, 1.54) is 4.90 Å². The van der Waals surface area contributed by atoms with Crippen LogP contribution in [-0.4, -0.2) is 42.5 Å². The third kappa shape index (κ3) is 1.86. The molecule has 2 saturated heterocycles. The van der Waals surface area contributed by atoms with E-state index in [-0.39, 0.29) is 35.6 Å². The Kier molecular flexibility index (Phi) is 3.11. The van der Waals surface area contributed by atoms with E-state index in [2.05, 4.69) is 0 Å². The molecule has 0 spiro atoms. The SMILES string of the molecule is NC(CN1C(=O)C2CCCC2C1=O)C1CCOC1. The minimum atomic E-state index is -0.140. The van der Waals surface area contributed by atoms with Crippen molar-refractivity contribution >= 4 is 11.8 Å². The van der Waals surface area contributed by atoms with Crippen LogP contribution in [0.1, 0.15) is 25.7 Å². The predicted octanol–water partition coefficient (Wildman–Crippen LogP) is 0.135. The van der Waals surface area contributed by atoms with Gasteiger partial charge in [0.1, 0.15) is 0 Å². The molecule has 3 fully saturated rings. The third-order valence-electron chi connectivity index (χ3n) is 4.65.